The maximum absolute atomic E-state index is 4.15. The number of aromatic amines is 1. The van der Waals surface area contributed by atoms with E-state index in [9.17, 15) is 0 Å². The van der Waals surface area contributed by atoms with Crippen LogP contribution in [0.2, 0.25) is 0 Å². The molecule has 0 spiro atoms. The molecule has 0 bridgehead atoms. The largest absolute Gasteiger partial charge is 0.379 e. The van der Waals surface area contributed by atoms with E-state index in [-0.39, 0.29) is 0 Å². The standard InChI is InChI=1S/C14H11Br2N3S/c15-10-3-1-4-11(16)14(10)17-7-9-8-18-19-13(9)12-5-2-6-20-12/h1-6,8,17H,7H2,(H,18,19). The molecule has 0 aliphatic rings. The van der Waals surface area contributed by atoms with Crippen molar-refractivity contribution in [3.05, 3.63) is 56.4 Å². The highest BCUT2D eigenvalue weighted by Crippen LogP contribution is 2.32. The van der Waals surface area contributed by atoms with Crippen molar-refractivity contribution in [2.45, 2.75) is 6.54 Å². The smallest absolute Gasteiger partial charge is 0.0799 e. The maximum atomic E-state index is 4.15. The number of nitrogens with zero attached hydrogens (tertiary/aromatic N) is 1. The fraction of sp³-hybridized carbons (Fsp3) is 0.0714. The molecule has 2 heterocycles. The molecule has 1 aromatic carbocycles. The lowest BCUT2D eigenvalue weighted by Crippen LogP contribution is -2.01. The second kappa shape index (κ2) is 6.11. The molecule has 0 atom stereocenters. The molecule has 102 valence electrons. The summed E-state index contributed by atoms with van der Waals surface area (Å²) in [5.41, 5.74) is 3.27. The Morgan fingerprint density at radius 3 is 2.65 bits per heavy atom. The summed E-state index contributed by atoms with van der Waals surface area (Å²) >= 11 is 8.81. The van der Waals surface area contributed by atoms with E-state index in [4.69, 9.17) is 0 Å². The van der Waals surface area contributed by atoms with Gasteiger partial charge < -0.3 is 5.32 Å². The Kier molecular flexibility index (Phi) is 4.24. The molecule has 0 radical (unpaired) electrons. The van der Waals surface area contributed by atoms with Gasteiger partial charge in [-0.05, 0) is 55.4 Å². The normalized spacial score (nSPS) is 10.7. The number of anilines is 1. The fourth-order valence-corrected chi connectivity index (χ4v) is 3.96. The first-order valence-corrected chi connectivity index (χ1v) is 8.46. The molecule has 3 rings (SSSR count). The lowest BCUT2D eigenvalue weighted by atomic mass is 10.2. The highest BCUT2D eigenvalue weighted by Gasteiger charge is 2.10. The van der Waals surface area contributed by atoms with Crippen LogP contribution < -0.4 is 5.32 Å². The van der Waals surface area contributed by atoms with E-state index in [0.29, 0.717) is 6.54 Å². The first-order valence-electron chi connectivity index (χ1n) is 5.99. The van der Waals surface area contributed by atoms with E-state index in [1.807, 2.05) is 30.5 Å². The molecular weight excluding hydrogens is 402 g/mol. The number of benzene rings is 1. The molecule has 0 amide bonds. The minimum Gasteiger partial charge on any atom is -0.379 e. The molecule has 2 aromatic heterocycles. The van der Waals surface area contributed by atoms with Gasteiger partial charge >= 0.3 is 0 Å². The lowest BCUT2D eigenvalue weighted by Gasteiger charge is -2.10. The first-order chi connectivity index (χ1) is 9.75. The minimum absolute atomic E-state index is 0.713. The van der Waals surface area contributed by atoms with Gasteiger partial charge in [-0.1, -0.05) is 12.1 Å². The number of halogens is 2. The fourth-order valence-electron chi connectivity index (χ4n) is 1.93. The van der Waals surface area contributed by atoms with Crippen molar-refractivity contribution in [2.75, 3.05) is 5.32 Å². The van der Waals surface area contributed by atoms with Crippen LogP contribution in [-0.4, -0.2) is 10.2 Å². The van der Waals surface area contributed by atoms with Crippen LogP contribution in [0.1, 0.15) is 5.56 Å². The summed E-state index contributed by atoms with van der Waals surface area (Å²) in [5, 5.41) is 12.7. The van der Waals surface area contributed by atoms with E-state index < -0.39 is 0 Å². The molecule has 0 unspecified atom stereocenters. The van der Waals surface area contributed by atoms with Gasteiger partial charge in [0.1, 0.15) is 0 Å². The van der Waals surface area contributed by atoms with Crippen LogP contribution in [0.3, 0.4) is 0 Å². The van der Waals surface area contributed by atoms with Crippen LogP contribution >= 0.6 is 43.2 Å². The molecular formula is C14H11Br2N3S. The molecule has 3 nitrogen and oxygen atoms in total. The Morgan fingerprint density at radius 1 is 1.15 bits per heavy atom. The zero-order valence-corrected chi connectivity index (χ0v) is 14.3. The summed E-state index contributed by atoms with van der Waals surface area (Å²) in [4.78, 5) is 1.20. The SMILES string of the molecule is Brc1cccc(Br)c1NCc1cn[nH]c1-c1cccs1. The number of para-hydroxylation sites is 1. The summed E-state index contributed by atoms with van der Waals surface area (Å²) < 4.78 is 2.07. The highest BCUT2D eigenvalue weighted by molar-refractivity contribution is 9.11. The van der Waals surface area contributed by atoms with Gasteiger partial charge in [0.2, 0.25) is 0 Å². The number of H-pyrrole nitrogens is 1. The van der Waals surface area contributed by atoms with Gasteiger partial charge in [-0.2, -0.15) is 5.10 Å². The predicted molar refractivity (Wildman–Crippen MR) is 91.1 cm³/mol. The Balaban J connectivity index is 1.82. The van der Waals surface area contributed by atoms with Crippen LogP contribution in [0.5, 0.6) is 0 Å². The van der Waals surface area contributed by atoms with Gasteiger partial charge in [0.15, 0.2) is 0 Å². The molecule has 2 N–H and O–H groups in total. The minimum atomic E-state index is 0.713. The quantitative estimate of drug-likeness (QED) is 0.612. The molecule has 6 heteroatoms. The third kappa shape index (κ3) is 2.82. The Hall–Kier alpha value is -1.11. The predicted octanol–water partition coefficient (Wildman–Crippen LogP) is 5.28. The van der Waals surface area contributed by atoms with Crippen molar-refractivity contribution in [3.63, 3.8) is 0 Å². The molecule has 0 saturated carbocycles. The van der Waals surface area contributed by atoms with E-state index in [1.54, 1.807) is 11.3 Å². The Morgan fingerprint density at radius 2 is 1.95 bits per heavy atom. The maximum Gasteiger partial charge on any atom is 0.0799 e. The number of nitrogens with one attached hydrogen (secondary N) is 2. The van der Waals surface area contributed by atoms with Gasteiger partial charge in [0, 0.05) is 21.1 Å². The summed E-state index contributed by atoms with van der Waals surface area (Å²) in [6, 6.07) is 10.2. The van der Waals surface area contributed by atoms with Crippen LogP contribution in [0.4, 0.5) is 5.69 Å². The van der Waals surface area contributed by atoms with Crippen molar-refractivity contribution in [3.8, 4) is 10.6 Å². The molecule has 3 aromatic rings. The van der Waals surface area contributed by atoms with Gasteiger partial charge in [0.05, 0.1) is 22.5 Å². The summed E-state index contributed by atoms with van der Waals surface area (Å²) in [6.45, 7) is 0.713. The summed E-state index contributed by atoms with van der Waals surface area (Å²) in [5.74, 6) is 0. The number of rotatable bonds is 4. The van der Waals surface area contributed by atoms with Crippen LogP contribution in [0, 0.1) is 0 Å². The summed E-state index contributed by atoms with van der Waals surface area (Å²) in [6.07, 6.45) is 1.87. The van der Waals surface area contributed by atoms with Gasteiger partial charge in [-0.15, -0.1) is 11.3 Å². The average molecular weight is 413 g/mol. The zero-order valence-electron chi connectivity index (χ0n) is 10.4. The number of hydrogen-bond acceptors (Lipinski definition) is 3. The van der Waals surface area contributed by atoms with E-state index in [2.05, 4.69) is 58.8 Å². The monoisotopic (exact) mass is 411 g/mol. The van der Waals surface area contributed by atoms with E-state index in [0.717, 1.165) is 25.9 Å². The molecule has 0 saturated heterocycles. The van der Waals surface area contributed by atoms with Crippen molar-refractivity contribution < 1.29 is 0 Å². The van der Waals surface area contributed by atoms with Gasteiger partial charge in [0.25, 0.3) is 0 Å². The van der Waals surface area contributed by atoms with Crippen LogP contribution in [-0.2, 0) is 6.54 Å². The van der Waals surface area contributed by atoms with Crippen molar-refractivity contribution in [1.29, 1.82) is 0 Å². The second-order valence-corrected chi connectivity index (χ2v) is 6.85. The molecule has 0 fully saturated rings. The van der Waals surface area contributed by atoms with E-state index >= 15 is 0 Å². The van der Waals surface area contributed by atoms with Crippen molar-refractivity contribution in [1.82, 2.24) is 10.2 Å². The first kappa shape index (κ1) is 13.9. The number of thiophene rings is 1. The zero-order chi connectivity index (χ0) is 13.9. The molecule has 20 heavy (non-hydrogen) atoms. The highest BCUT2D eigenvalue weighted by atomic mass is 79.9. The number of aromatic nitrogens is 2. The third-order valence-corrected chi connectivity index (χ3v) is 5.11. The van der Waals surface area contributed by atoms with Crippen LogP contribution in [0.25, 0.3) is 10.6 Å². The third-order valence-electron chi connectivity index (χ3n) is 2.90. The summed E-state index contributed by atoms with van der Waals surface area (Å²) in [7, 11) is 0. The number of hydrogen-bond donors (Lipinski definition) is 2. The second-order valence-electron chi connectivity index (χ2n) is 4.20. The average Bonchev–Trinajstić information content (AvgIpc) is 3.08. The van der Waals surface area contributed by atoms with Crippen molar-refractivity contribution >= 4 is 48.9 Å². The molecule has 0 aliphatic carbocycles. The van der Waals surface area contributed by atoms with Crippen molar-refractivity contribution in [2.24, 2.45) is 0 Å². The van der Waals surface area contributed by atoms with E-state index in [1.165, 1.54) is 4.88 Å². The topological polar surface area (TPSA) is 40.7 Å². The molecule has 0 aliphatic heterocycles. The van der Waals surface area contributed by atoms with Gasteiger partial charge in [-0.25, -0.2) is 0 Å². The van der Waals surface area contributed by atoms with Crippen LogP contribution in [0.15, 0.2) is 50.9 Å². The van der Waals surface area contributed by atoms with Gasteiger partial charge in [-0.3, -0.25) is 5.10 Å². The lowest BCUT2D eigenvalue weighted by molar-refractivity contribution is 1.10. The Labute approximate surface area is 137 Å². The Bertz CT molecular complexity index is 687.